The van der Waals surface area contributed by atoms with Gasteiger partial charge >= 0.3 is 0 Å². The maximum Gasteiger partial charge on any atom is 0.248 e. The van der Waals surface area contributed by atoms with Crippen LogP contribution in [0.5, 0.6) is 5.75 Å². The standard InChI is InChI=1S/C15H20N2O2/c1-12(2)14-11-15(18)17(16-14)9-6-10-19-13-7-4-3-5-8-13/h3-5,7-8,12H,6,9-11H2,1-2H3. The lowest BCUT2D eigenvalue weighted by Crippen LogP contribution is -2.23. The molecule has 0 radical (unpaired) electrons. The summed E-state index contributed by atoms with van der Waals surface area (Å²) in [5.74, 6) is 1.31. The van der Waals surface area contributed by atoms with Crippen LogP contribution in [0, 0.1) is 5.92 Å². The quantitative estimate of drug-likeness (QED) is 0.738. The Hall–Kier alpha value is -1.84. The van der Waals surface area contributed by atoms with Gasteiger partial charge in [-0.3, -0.25) is 4.79 Å². The third-order valence-electron chi connectivity index (χ3n) is 3.06. The molecule has 0 fully saturated rings. The van der Waals surface area contributed by atoms with Crippen LogP contribution in [0.4, 0.5) is 0 Å². The van der Waals surface area contributed by atoms with Crippen LogP contribution in [0.25, 0.3) is 0 Å². The Bertz CT molecular complexity index is 454. The van der Waals surface area contributed by atoms with Crippen LogP contribution >= 0.6 is 0 Å². The highest BCUT2D eigenvalue weighted by Crippen LogP contribution is 2.15. The summed E-state index contributed by atoms with van der Waals surface area (Å²) in [5.41, 5.74) is 0.981. The zero-order valence-corrected chi connectivity index (χ0v) is 11.5. The number of hydrogen-bond acceptors (Lipinski definition) is 3. The van der Waals surface area contributed by atoms with E-state index in [1.54, 1.807) is 5.01 Å². The molecule has 1 aromatic carbocycles. The molecule has 1 aliphatic rings. The number of ether oxygens (including phenoxy) is 1. The number of carbonyl (C=O) groups is 1. The van der Waals surface area contributed by atoms with E-state index in [0.29, 0.717) is 25.5 Å². The van der Waals surface area contributed by atoms with Gasteiger partial charge in [-0.15, -0.1) is 0 Å². The summed E-state index contributed by atoms with van der Waals surface area (Å²) in [7, 11) is 0. The molecule has 1 heterocycles. The maximum atomic E-state index is 11.7. The molecule has 0 spiro atoms. The fourth-order valence-electron chi connectivity index (χ4n) is 1.91. The molecule has 19 heavy (non-hydrogen) atoms. The first-order valence-corrected chi connectivity index (χ1v) is 6.72. The van der Waals surface area contributed by atoms with Gasteiger partial charge in [-0.05, 0) is 18.1 Å². The molecule has 0 saturated carbocycles. The van der Waals surface area contributed by atoms with Gasteiger partial charge in [-0.1, -0.05) is 32.0 Å². The summed E-state index contributed by atoms with van der Waals surface area (Å²) in [5, 5.41) is 5.93. The Morgan fingerprint density at radius 2 is 2.05 bits per heavy atom. The van der Waals surface area contributed by atoms with E-state index in [9.17, 15) is 4.79 Å². The van der Waals surface area contributed by atoms with Crippen LogP contribution in [-0.4, -0.2) is 29.8 Å². The van der Waals surface area contributed by atoms with Crippen molar-refractivity contribution in [3.05, 3.63) is 30.3 Å². The Morgan fingerprint density at radius 1 is 1.32 bits per heavy atom. The molecule has 0 unspecified atom stereocenters. The van der Waals surface area contributed by atoms with Crippen molar-refractivity contribution in [1.29, 1.82) is 0 Å². The molecule has 102 valence electrons. The van der Waals surface area contributed by atoms with E-state index < -0.39 is 0 Å². The number of rotatable bonds is 6. The fourth-order valence-corrected chi connectivity index (χ4v) is 1.91. The first kappa shape index (κ1) is 13.6. The summed E-state index contributed by atoms with van der Waals surface area (Å²) in [6, 6.07) is 9.70. The van der Waals surface area contributed by atoms with Crippen molar-refractivity contribution in [3.8, 4) is 5.75 Å². The molecule has 0 N–H and O–H groups in total. The third-order valence-corrected chi connectivity index (χ3v) is 3.06. The molecule has 4 nitrogen and oxygen atoms in total. The van der Waals surface area contributed by atoms with Crippen molar-refractivity contribution < 1.29 is 9.53 Å². The van der Waals surface area contributed by atoms with E-state index >= 15 is 0 Å². The summed E-state index contributed by atoms with van der Waals surface area (Å²) >= 11 is 0. The Kier molecular flexibility index (Phi) is 4.55. The first-order chi connectivity index (χ1) is 9.16. The molecule has 0 aliphatic carbocycles. The average molecular weight is 260 g/mol. The van der Waals surface area contributed by atoms with Crippen LogP contribution in [-0.2, 0) is 4.79 Å². The highest BCUT2D eigenvalue weighted by Gasteiger charge is 2.24. The second kappa shape index (κ2) is 6.36. The van der Waals surface area contributed by atoms with Crippen LogP contribution in [0.1, 0.15) is 26.7 Å². The molecule has 4 heteroatoms. The highest BCUT2D eigenvalue weighted by atomic mass is 16.5. The normalized spacial score (nSPS) is 15.0. The van der Waals surface area contributed by atoms with Crippen molar-refractivity contribution in [2.45, 2.75) is 26.7 Å². The van der Waals surface area contributed by atoms with E-state index in [2.05, 4.69) is 18.9 Å². The van der Waals surface area contributed by atoms with Crippen molar-refractivity contribution in [1.82, 2.24) is 5.01 Å². The Labute approximate surface area is 114 Å². The van der Waals surface area contributed by atoms with Gasteiger partial charge in [0.25, 0.3) is 0 Å². The van der Waals surface area contributed by atoms with Crippen molar-refractivity contribution in [2.75, 3.05) is 13.2 Å². The van der Waals surface area contributed by atoms with Gasteiger partial charge in [0, 0.05) is 13.0 Å². The van der Waals surface area contributed by atoms with Gasteiger partial charge in [-0.2, -0.15) is 5.10 Å². The number of para-hydroxylation sites is 1. The largest absolute Gasteiger partial charge is 0.494 e. The number of benzene rings is 1. The van der Waals surface area contributed by atoms with Crippen LogP contribution in [0.2, 0.25) is 0 Å². The van der Waals surface area contributed by atoms with E-state index in [1.807, 2.05) is 30.3 Å². The fraction of sp³-hybridized carbons (Fsp3) is 0.467. The van der Waals surface area contributed by atoms with Crippen molar-refractivity contribution in [2.24, 2.45) is 11.0 Å². The smallest absolute Gasteiger partial charge is 0.248 e. The number of carbonyl (C=O) groups excluding carboxylic acids is 1. The minimum absolute atomic E-state index is 0.100. The molecular weight excluding hydrogens is 240 g/mol. The molecule has 2 rings (SSSR count). The van der Waals surface area contributed by atoms with Gasteiger partial charge in [0.05, 0.1) is 18.7 Å². The Morgan fingerprint density at radius 3 is 2.68 bits per heavy atom. The zero-order chi connectivity index (χ0) is 13.7. The summed E-state index contributed by atoms with van der Waals surface area (Å²) < 4.78 is 5.59. The number of nitrogens with zero attached hydrogens (tertiary/aromatic N) is 2. The Balaban J connectivity index is 1.73. The number of amides is 1. The second-order valence-corrected chi connectivity index (χ2v) is 4.95. The lowest BCUT2D eigenvalue weighted by atomic mass is 10.1. The van der Waals surface area contributed by atoms with Gasteiger partial charge in [0.2, 0.25) is 5.91 Å². The number of hydrogen-bond donors (Lipinski definition) is 0. The van der Waals surface area contributed by atoms with E-state index in [-0.39, 0.29) is 5.91 Å². The molecule has 0 aromatic heterocycles. The van der Waals surface area contributed by atoms with E-state index in [4.69, 9.17) is 4.74 Å². The lowest BCUT2D eigenvalue weighted by molar-refractivity contribution is -0.128. The van der Waals surface area contributed by atoms with Gasteiger partial charge < -0.3 is 4.74 Å². The summed E-state index contributed by atoms with van der Waals surface area (Å²) in [6.07, 6.45) is 1.26. The highest BCUT2D eigenvalue weighted by molar-refractivity contribution is 6.05. The third kappa shape index (κ3) is 3.81. The molecular formula is C15H20N2O2. The topological polar surface area (TPSA) is 41.9 Å². The summed E-state index contributed by atoms with van der Waals surface area (Å²) in [6.45, 7) is 5.35. The van der Waals surface area contributed by atoms with Crippen molar-refractivity contribution >= 4 is 11.6 Å². The minimum atomic E-state index is 0.100. The van der Waals surface area contributed by atoms with Crippen molar-refractivity contribution in [3.63, 3.8) is 0 Å². The van der Waals surface area contributed by atoms with Crippen LogP contribution in [0.3, 0.4) is 0 Å². The molecule has 1 aliphatic heterocycles. The summed E-state index contributed by atoms with van der Waals surface area (Å²) in [4.78, 5) is 11.7. The predicted octanol–water partition coefficient (Wildman–Crippen LogP) is 2.70. The average Bonchev–Trinajstić information content (AvgIpc) is 2.78. The first-order valence-electron chi connectivity index (χ1n) is 6.72. The van der Waals surface area contributed by atoms with E-state index in [1.165, 1.54) is 0 Å². The molecule has 0 saturated heterocycles. The van der Waals surface area contributed by atoms with Crippen LogP contribution < -0.4 is 4.74 Å². The SMILES string of the molecule is CC(C)C1=NN(CCCOc2ccccc2)C(=O)C1. The molecule has 0 atom stereocenters. The molecule has 0 bridgehead atoms. The van der Waals surface area contributed by atoms with Gasteiger partial charge in [-0.25, -0.2) is 5.01 Å². The zero-order valence-electron chi connectivity index (χ0n) is 11.5. The second-order valence-electron chi connectivity index (χ2n) is 4.95. The maximum absolute atomic E-state index is 11.7. The van der Waals surface area contributed by atoms with Gasteiger partial charge in [0.1, 0.15) is 5.75 Å². The minimum Gasteiger partial charge on any atom is -0.494 e. The monoisotopic (exact) mass is 260 g/mol. The van der Waals surface area contributed by atoms with Crippen LogP contribution in [0.15, 0.2) is 35.4 Å². The molecule has 1 amide bonds. The predicted molar refractivity (Wildman–Crippen MR) is 75.2 cm³/mol. The van der Waals surface area contributed by atoms with E-state index in [0.717, 1.165) is 17.9 Å². The number of hydrazone groups is 1. The lowest BCUT2D eigenvalue weighted by Gasteiger charge is -2.12. The van der Waals surface area contributed by atoms with Gasteiger partial charge in [0.15, 0.2) is 0 Å². The molecule has 1 aromatic rings.